The van der Waals surface area contributed by atoms with E-state index in [9.17, 15) is 13.2 Å². The first-order valence-corrected chi connectivity index (χ1v) is 5.02. The highest BCUT2D eigenvalue weighted by atomic mass is 19.4. The maximum absolute atomic E-state index is 12.2. The van der Waals surface area contributed by atoms with Crippen LogP contribution in [0.1, 0.15) is 0 Å². The van der Waals surface area contributed by atoms with Crippen LogP contribution in [0.4, 0.5) is 18.9 Å². The van der Waals surface area contributed by atoms with Crippen LogP contribution in [0.2, 0.25) is 0 Å². The number of pyridine rings is 1. The third kappa shape index (κ3) is 2.91. The molecule has 1 heterocycles. The van der Waals surface area contributed by atoms with Crippen LogP contribution in [0, 0.1) is 0 Å². The Labute approximate surface area is 101 Å². The Bertz CT molecular complexity index is 555. The number of benzene rings is 1. The van der Waals surface area contributed by atoms with Gasteiger partial charge in [0.15, 0.2) is 0 Å². The summed E-state index contributed by atoms with van der Waals surface area (Å²) in [6.07, 6.45) is -3.31. The molecule has 2 N–H and O–H groups in total. The molecular formula is C12H9F3N2O. The monoisotopic (exact) mass is 254 g/mol. The van der Waals surface area contributed by atoms with Crippen LogP contribution in [0.15, 0.2) is 42.6 Å². The molecule has 0 aliphatic carbocycles. The molecule has 0 saturated carbocycles. The number of nitrogen functional groups attached to an aromatic ring is 1. The fourth-order valence-corrected chi connectivity index (χ4v) is 1.49. The van der Waals surface area contributed by atoms with Crippen molar-refractivity contribution in [1.82, 2.24) is 4.98 Å². The Morgan fingerprint density at radius 1 is 1.11 bits per heavy atom. The summed E-state index contributed by atoms with van der Waals surface area (Å²) in [5.74, 6) is -0.303. The van der Waals surface area contributed by atoms with E-state index in [2.05, 4.69) is 9.72 Å². The Morgan fingerprint density at radius 2 is 1.83 bits per heavy atom. The van der Waals surface area contributed by atoms with E-state index < -0.39 is 6.36 Å². The van der Waals surface area contributed by atoms with Gasteiger partial charge in [0.2, 0.25) is 0 Å². The van der Waals surface area contributed by atoms with Crippen molar-refractivity contribution in [2.45, 2.75) is 6.36 Å². The van der Waals surface area contributed by atoms with E-state index in [-0.39, 0.29) is 11.3 Å². The van der Waals surface area contributed by atoms with Gasteiger partial charge in [-0.3, -0.25) is 4.98 Å². The minimum absolute atomic E-state index is 0.238. The summed E-state index contributed by atoms with van der Waals surface area (Å²) >= 11 is 0. The zero-order chi connectivity index (χ0) is 13.2. The molecule has 3 nitrogen and oxygen atoms in total. The lowest BCUT2D eigenvalue weighted by Gasteiger charge is -2.12. The van der Waals surface area contributed by atoms with Crippen LogP contribution in [-0.2, 0) is 0 Å². The van der Waals surface area contributed by atoms with E-state index >= 15 is 0 Å². The van der Waals surface area contributed by atoms with Gasteiger partial charge in [0, 0.05) is 17.4 Å². The third-order valence-electron chi connectivity index (χ3n) is 2.17. The van der Waals surface area contributed by atoms with Gasteiger partial charge in [0.05, 0.1) is 5.69 Å². The number of anilines is 1. The minimum atomic E-state index is -4.74. The van der Waals surface area contributed by atoms with Crippen molar-refractivity contribution in [3.63, 3.8) is 0 Å². The molecule has 1 aromatic carbocycles. The van der Waals surface area contributed by atoms with Crippen molar-refractivity contribution in [3.8, 4) is 17.0 Å². The maximum Gasteiger partial charge on any atom is 0.573 e. The molecule has 0 spiro atoms. The van der Waals surface area contributed by atoms with E-state index in [1.165, 1.54) is 30.5 Å². The van der Waals surface area contributed by atoms with Crippen LogP contribution in [0.25, 0.3) is 11.3 Å². The molecule has 18 heavy (non-hydrogen) atoms. The van der Waals surface area contributed by atoms with E-state index in [4.69, 9.17) is 5.73 Å². The summed E-state index contributed by atoms with van der Waals surface area (Å²) in [6.45, 7) is 0. The Balaban J connectivity index is 2.45. The quantitative estimate of drug-likeness (QED) is 0.895. The number of rotatable bonds is 2. The van der Waals surface area contributed by atoms with Gasteiger partial charge in [0.25, 0.3) is 0 Å². The van der Waals surface area contributed by atoms with Gasteiger partial charge in [-0.15, -0.1) is 13.2 Å². The van der Waals surface area contributed by atoms with Gasteiger partial charge < -0.3 is 10.5 Å². The number of nitrogens with zero attached hydrogens (tertiary/aromatic N) is 1. The van der Waals surface area contributed by atoms with Crippen LogP contribution < -0.4 is 10.5 Å². The first-order valence-electron chi connectivity index (χ1n) is 5.02. The highest BCUT2D eigenvalue weighted by molar-refractivity contribution is 5.69. The molecule has 0 aliphatic heterocycles. The largest absolute Gasteiger partial charge is 0.573 e. The zero-order valence-electron chi connectivity index (χ0n) is 9.11. The van der Waals surface area contributed by atoms with Crippen molar-refractivity contribution in [2.75, 3.05) is 5.73 Å². The van der Waals surface area contributed by atoms with E-state index in [1.807, 2.05) is 0 Å². The van der Waals surface area contributed by atoms with Gasteiger partial charge >= 0.3 is 6.36 Å². The molecule has 0 fully saturated rings. The molecule has 0 unspecified atom stereocenters. The van der Waals surface area contributed by atoms with Gasteiger partial charge in [-0.2, -0.15) is 0 Å². The second-order valence-corrected chi connectivity index (χ2v) is 3.52. The Morgan fingerprint density at radius 3 is 2.50 bits per heavy atom. The van der Waals surface area contributed by atoms with Crippen LogP contribution in [-0.4, -0.2) is 11.3 Å². The smallest absolute Gasteiger partial charge is 0.405 e. The van der Waals surface area contributed by atoms with E-state index in [0.29, 0.717) is 11.4 Å². The summed E-state index contributed by atoms with van der Waals surface area (Å²) < 4.78 is 40.7. The molecule has 0 saturated heterocycles. The number of alkyl halides is 3. The highest BCUT2D eigenvalue weighted by Gasteiger charge is 2.32. The molecule has 0 atom stereocenters. The van der Waals surface area contributed by atoms with Gasteiger partial charge in [-0.05, 0) is 24.3 Å². The van der Waals surface area contributed by atoms with Crippen molar-refractivity contribution in [2.24, 2.45) is 0 Å². The number of nitrogens with two attached hydrogens (primary N) is 1. The lowest BCUT2D eigenvalue weighted by Crippen LogP contribution is -2.17. The summed E-state index contributed by atoms with van der Waals surface area (Å²) in [4.78, 5) is 3.97. The SMILES string of the molecule is Nc1ccnc(-c2ccccc2OC(F)(F)F)c1. The summed E-state index contributed by atoms with van der Waals surface area (Å²) in [5, 5.41) is 0. The average molecular weight is 254 g/mol. The second-order valence-electron chi connectivity index (χ2n) is 3.52. The molecule has 6 heteroatoms. The van der Waals surface area contributed by atoms with Crippen LogP contribution in [0.3, 0.4) is 0 Å². The standard InChI is InChI=1S/C12H9F3N2O/c13-12(14,15)18-11-4-2-1-3-9(11)10-7-8(16)5-6-17-10/h1-7H,(H2,16,17). The molecule has 2 rings (SSSR count). The number of aromatic nitrogens is 1. The minimum Gasteiger partial charge on any atom is -0.405 e. The van der Waals surface area contributed by atoms with Gasteiger partial charge in [-0.25, -0.2) is 0 Å². The topological polar surface area (TPSA) is 48.1 Å². The number of para-hydroxylation sites is 1. The molecular weight excluding hydrogens is 245 g/mol. The predicted octanol–water partition coefficient (Wildman–Crippen LogP) is 3.23. The highest BCUT2D eigenvalue weighted by Crippen LogP contribution is 2.32. The van der Waals surface area contributed by atoms with E-state index in [1.54, 1.807) is 12.1 Å². The normalized spacial score (nSPS) is 11.3. The van der Waals surface area contributed by atoms with Gasteiger partial charge in [0.1, 0.15) is 5.75 Å². The molecule has 2 aromatic rings. The molecule has 0 bridgehead atoms. The Kier molecular flexibility index (Phi) is 3.10. The lowest BCUT2D eigenvalue weighted by molar-refractivity contribution is -0.274. The third-order valence-corrected chi connectivity index (χ3v) is 2.17. The van der Waals surface area contributed by atoms with Crippen molar-refractivity contribution in [1.29, 1.82) is 0 Å². The van der Waals surface area contributed by atoms with Gasteiger partial charge in [-0.1, -0.05) is 12.1 Å². The second kappa shape index (κ2) is 4.56. The van der Waals surface area contributed by atoms with Crippen molar-refractivity contribution in [3.05, 3.63) is 42.6 Å². The van der Waals surface area contributed by atoms with Crippen molar-refractivity contribution >= 4 is 5.69 Å². The molecule has 0 amide bonds. The molecule has 0 radical (unpaired) electrons. The zero-order valence-corrected chi connectivity index (χ0v) is 9.11. The Hall–Kier alpha value is -2.24. The first kappa shape index (κ1) is 12.2. The summed E-state index contributed by atoms with van der Waals surface area (Å²) in [6, 6.07) is 8.81. The fraction of sp³-hybridized carbons (Fsp3) is 0.0833. The number of halogens is 3. The van der Waals surface area contributed by atoms with Crippen LogP contribution in [0.5, 0.6) is 5.75 Å². The number of hydrogen-bond acceptors (Lipinski definition) is 3. The average Bonchev–Trinajstić information content (AvgIpc) is 2.27. The maximum atomic E-state index is 12.2. The molecule has 1 aromatic heterocycles. The predicted molar refractivity (Wildman–Crippen MR) is 60.8 cm³/mol. The van der Waals surface area contributed by atoms with Crippen LogP contribution >= 0.6 is 0 Å². The lowest BCUT2D eigenvalue weighted by atomic mass is 10.1. The number of hydrogen-bond donors (Lipinski definition) is 1. The summed E-state index contributed by atoms with van der Waals surface area (Å²) in [5.41, 5.74) is 6.56. The summed E-state index contributed by atoms with van der Waals surface area (Å²) in [7, 11) is 0. The van der Waals surface area contributed by atoms with E-state index in [0.717, 1.165) is 0 Å². The first-order chi connectivity index (χ1) is 8.46. The molecule has 94 valence electrons. The fourth-order valence-electron chi connectivity index (χ4n) is 1.49. The molecule has 0 aliphatic rings. The number of ether oxygens (including phenoxy) is 1. The van der Waals surface area contributed by atoms with Crippen molar-refractivity contribution < 1.29 is 17.9 Å².